The van der Waals surface area contributed by atoms with Crippen molar-refractivity contribution in [2.45, 2.75) is 13.8 Å². The van der Waals surface area contributed by atoms with Crippen molar-refractivity contribution in [2.75, 3.05) is 10.6 Å². The van der Waals surface area contributed by atoms with Crippen LogP contribution in [0, 0.1) is 13.8 Å². The van der Waals surface area contributed by atoms with E-state index in [2.05, 4.69) is 30.8 Å². The minimum Gasteiger partial charge on any atom is -0.321 e. The molecule has 4 aromatic rings. The zero-order valence-electron chi connectivity index (χ0n) is 15.4. The minimum absolute atomic E-state index is 0.209. The average Bonchev–Trinajstić information content (AvgIpc) is 3.29. The number of benzene rings is 1. The smallest absolute Gasteiger partial charge is 0.276 e. The first-order chi connectivity index (χ1) is 14.0. The van der Waals surface area contributed by atoms with E-state index in [1.165, 1.54) is 11.3 Å². The van der Waals surface area contributed by atoms with Gasteiger partial charge in [-0.3, -0.25) is 4.79 Å². The summed E-state index contributed by atoms with van der Waals surface area (Å²) >= 11 is 8.93. The number of aromatic nitrogens is 4. The van der Waals surface area contributed by atoms with Gasteiger partial charge in [0.25, 0.3) is 5.91 Å². The van der Waals surface area contributed by atoms with Crippen LogP contribution in [-0.4, -0.2) is 26.1 Å². The third-order valence-electron chi connectivity index (χ3n) is 3.87. The van der Waals surface area contributed by atoms with Crippen LogP contribution in [-0.2, 0) is 0 Å². The van der Waals surface area contributed by atoms with E-state index in [0.717, 1.165) is 21.3 Å². The van der Waals surface area contributed by atoms with Gasteiger partial charge in [0.15, 0.2) is 16.6 Å². The second-order valence-corrected chi connectivity index (χ2v) is 8.57. The predicted octanol–water partition coefficient (Wildman–Crippen LogP) is 5.32. The molecule has 7 nitrogen and oxygen atoms in total. The van der Waals surface area contributed by atoms with E-state index in [1.807, 2.05) is 19.2 Å². The van der Waals surface area contributed by atoms with Crippen LogP contribution >= 0.6 is 34.3 Å². The summed E-state index contributed by atoms with van der Waals surface area (Å²) in [6, 6.07) is 10.1. The van der Waals surface area contributed by atoms with Crippen LogP contribution in [0.25, 0.3) is 10.6 Å². The lowest BCUT2D eigenvalue weighted by Gasteiger charge is -2.05. The van der Waals surface area contributed by atoms with E-state index in [-0.39, 0.29) is 11.6 Å². The van der Waals surface area contributed by atoms with Gasteiger partial charge in [-0.2, -0.15) is 0 Å². The van der Waals surface area contributed by atoms with E-state index in [0.29, 0.717) is 21.7 Å². The lowest BCUT2D eigenvalue weighted by atomic mass is 10.3. The van der Waals surface area contributed by atoms with Gasteiger partial charge in [0.2, 0.25) is 0 Å². The highest BCUT2D eigenvalue weighted by molar-refractivity contribution is 7.16. The first-order valence-electron chi connectivity index (χ1n) is 8.55. The SMILES string of the molecule is Cc1nc(C)c(-c2csc(Nc3ccc(C(=O)Nc4ccc(Cl)cc4)nn3)n2)s1. The number of halogens is 1. The number of hydrogen-bond acceptors (Lipinski definition) is 8. The average molecular weight is 443 g/mol. The number of nitrogens with one attached hydrogen (secondary N) is 2. The molecule has 0 radical (unpaired) electrons. The van der Waals surface area contributed by atoms with Gasteiger partial charge in [0.05, 0.1) is 21.3 Å². The molecule has 3 heterocycles. The highest BCUT2D eigenvalue weighted by atomic mass is 35.5. The Morgan fingerprint density at radius 3 is 2.48 bits per heavy atom. The fourth-order valence-electron chi connectivity index (χ4n) is 2.56. The topological polar surface area (TPSA) is 92.7 Å². The fraction of sp³-hybridized carbons (Fsp3) is 0.105. The van der Waals surface area contributed by atoms with E-state index in [1.54, 1.807) is 47.7 Å². The molecule has 10 heteroatoms. The molecule has 4 rings (SSSR count). The fourth-order valence-corrected chi connectivity index (χ4v) is 4.35. The predicted molar refractivity (Wildman–Crippen MR) is 117 cm³/mol. The van der Waals surface area contributed by atoms with Gasteiger partial charge in [0.1, 0.15) is 0 Å². The number of carbonyl (C=O) groups excluding carboxylic acids is 1. The van der Waals surface area contributed by atoms with Gasteiger partial charge in [-0.25, -0.2) is 9.97 Å². The third kappa shape index (κ3) is 4.58. The van der Waals surface area contributed by atoms with Crippen molar-refractivity contribution in [2.24, 2.45) is 0 Å². The van der Waals surface area contributed by atoms with Crippen LogP contribution in [0.2, 0.25) is 5.02 Å². The molecule has 0 saturated heterocycles. The second-order valence-electron chi connectivity index (χ2n) is 6.08. The van der Waals surface area contributed by atoms with Crippen LogP contribution in [0.4, 0.5) is 16.6 Å². The Balaban J connectivity index is 1.42. The van der Waals surface area contributed by atoms with Gasteiger partial charge in [-0.05, 0) is 50.2 Å². The van der Waals surface area contributed by atoms with Gasteiger partial charge >= 0.3 is 0 Å². The van der Waals surface area contributed by atoms with Crippen molar-refractivity contribution < 1.29 is 4.79 Å². The summed E-state index contributed by atoms with van der Waals surface area (Å²) in [6.45, 7) is 3.96. The molecule has 0 fully saturated rings. The summed E-state index contributed by atoms with van der Waals surface area (Å²) in [4.78, 5) is 22.4. The van der Waals surface area contributed by atoms with Gasteiger partial charge in [0, 0.05) is 16.1 Å². The Morgan fingerprint density at radius 1 is 1.03 bits per heavy atom. The zero-order chi connectivity index (χ0) is 20.4. The molecule has 29 heavy (non-hydrogen) atoms. The van der Waals surface area contributed by atoms with E-state index < -0.39 is 0 Å². The number of thiazole rings is 2. The highest BCUT2D eigenvalue weighted by Crippen LogP contribution is 2.32. The molecular weight excluding hydrogens is 428 g/mol. The molecule has 2 N–H and O–H groups in total. The first-order valence-corrected chi connectivity index (χ1v) is 10.6. The van der Waals surface area contributed by atoms with Gasteiger partial charge in [-0.15, -0.1) is 32.9 Å². The Kier molecular flexibility index (Phi) is 5.52. The monoisotopic (exact) mass is 442 g/mol. The summed E-state index contributed by atoms with van der Waals surface area (Å²) in [7, 11) is 0. The summed E-state index contributed by atoms with van der Waals surface area (Å²) in [5.74, 6) is 0.157. The van der Waals surface area contributed by atoms with E-state index in [9.17, 15) is 4.79 Å². The quantitative estimate of drug-likeness (QED) is 0.434. The molecule has 0 unspecified atom stereocenters. The Hall–Kier alpha value is -2.88. The molecule has 0 spiro atoms. The van der Waals surface area contributed by atoms with Crippen LogP contribution in [0.5, 0.6) is 0 Å². The summed E-state index contributed by atoms with van der Waals surface area (Å²) in [5.41, 5.74) is 2.70. The van der Waals surface area contributed by atoms with Crippen molar-refractivity contribution in [3.05, 3.63) is 63.2 Å². The second kappa shape index (κ2) is 8.24. The van der Waals surface area contributed by atoms with Crippen molar-refractivity contribution in [1.29, 1.82) is 0 Å². The molecule has 0 atom stereocenters. The third-order valence-corrected chi connectivity index (χ3v) is 5.98. The maximum atomic E-state index is 12.3. The summed E-state index contributed by atoms with van der Waals surface area (Å²) in [5, 5.41) is 18.2. The standard InChI is InChI=1S/C19H15ClN6OS2/c1-10-17(29-11(2)21-10)15-9-28-19(23-15)24-16-8-7-14(25-26-16)18(27)22-13-5-3-12(20)4-6-13/h3-9H,1-2H3,(H,22,27)(H,23,24,26). The van der Waals surface area contributed by atoms with E-state index in [4.69, 9.17) is 11.6 Å². The molecular formula is C19H15ClN6OS2. The number of nitrogens with zero attached hydrogens (tertiary/aromatic N) is 4. The summed E-state index contributed by atoms with van der Waals surface area (Å²) in [6.07, 6.45) is 0. The lowest BCUT2D eigenvalue weighted by Crippen LogP contribution is -2.14. The molecule has 0 aliphatic heterocycles. The van der Waals surface area contributed by atoms with Gasteiger partial charge in [-0.1, -0.05) is 11.6 Å². The Bertz CT molecular complexity index is 1150. The van der Waals surface area contributed by atoms with Crippen LogP contribution in [0.1, 0.15) is 21.2 Å². The van der Waals surface area contributed by atoms with Crippen molar-refractivity contribution >= 4 is 56.8 Å². The van der Waals surface area contributed by atoms with Crippen LogP contribution in [0.15, 0.2) is 41.8 Å². The minimum atomic E-state index is -0.348. The molecule has 0 aliphatic rings. The molecule has 146 valence electrons. The first kappa shape index (κ1) is 19.4. The normalized spacial score (nSPS) is 10.7. The maximum Gasteiger partial charge on any atom is 0.276 e. The van der Waals surface area contributed by atoms with Crippen molar-refractivity contribution in [3.8, 4) is 10.6 Å². The number of anilines is 3. The zero-order valence-corrected chi connectivity index (χ0v) is 17.8. The molecule has 1 amide bonds. The Morgan fingerprint density at radius 2 is 1.83 bits per heavy atom. The molecule has 3 aromatic heterocycles. The van der Waals surface area contributed by atoms with Crippen LogP contribution < -0.4 is 10.6 Å². The maximum absolute atomic E-state index is 12.3. The van der Waals surface area contributed by atoms with Crippen molar-refractivity contribution in [3.63, 3.8) is 0 Å². The number of aryl methyl sites for hydroxylation is 2. The van der Waals surface area contributed by atoms with Gasteiger partial charge < -0.3 is 10.6 Å². The lowest BCUT2D eigenvalue weighted by molar-refractivity contribution is 0.102. The number of hydrogen-bond donors (Lipinski definition) is 2. The number of rotatable bonds is 5. The molecule has 1 aromatic carbocycles. The molecule has 0 bridgehead atoms. The number of amides is 1. The Labute approximate surface area is 179 Å². The van der Waals surface area contributed by atoms with Crippen molar-refractivity contribution in [1.82, 2.24) is 20.2 Å². The van der Waals surface area contributed by atoms with E-state index >= 15 is 0 Å². The van der Waals surface area contributed by atoms with Crippen LogP contribution in [0.3, 0.4) is 0 Å². The molecule has 0 aliphatic carbocycles. The largest absolute Gasteiger partial charge is 0.321 e. The number of carbonyl (C=O) groups is 1. The molecule has 0 saturated carbocycles. The summed E-state index contributed by atoms with van der Waals surface area (Å²) < 4.78 is 0. The highest BCUT2D eigenvalue weighted by Gasteiger charge is 2.13.